The second kappa shape index (κ2) is 7.89. The van der Waals surface area contributed by atoms with E-state index in [1.807, 2.05) is 18.2 Å². The van der Waals surface area contributed by atoms with Crippen LogP contribution in [0.5, 0.6) is 0 Å². The molecule has 0 heterocycles. The van der Waals surface area contributed by atoms with Gasteiger partial charge in [0.1, 0.15) is 6.07 Å². The second-order valence-electron chi connectivity index (χ2n) is 7.58. The maximum absolute atomic E-state index is 12.0. The van der Waals surface area contributed by atoms with E-state index in [2.05, 4.69) is 61.5 Å². The average molecular weight is 402 g/mol. The van der Waals surface area contributed by atoms with Crippen molar-refractivity contribution in [3.05, 3.63) is 58.1 Å². The standard InChI is InChI=1S/C22H28BrNO/c1-5-7-8-9-10-11-18(6-2)22(25)19-16(14-21(22,3)4)12-13-17(15-24)20(19)23/h5,8-9,12-13,18,25H,1,6-7,10-11,14H2,2-4H3/b9-8+. The van der Waals surface area contributed by atoms with Crippen molar-refractivity contribution in [2.24, 2.45) is 11.3 Å². The third-order valence-electron chi connectivity index (χ3n) is 5.63. The SMILES string of the molecule is C=CC/C=C/CCC(CC)C1(O)c2c(ccc(C#N)c2Br)CC1(C)C. The molecule has 0 amide bonds. The van der Waals surface area contributed by atoms with Crippen LogP contribution in [0.2, 0.25) is 0 Å². The van der Waals surface area contributed by atoms with Gasteiger partial charge in [-0.15, -0.1) is 6.58 Å². The van der Waals surface area contributed by atoms with Crippen molar-refractivity contribution in [3.63, 3.8) is 0 Å². The number of benzene rings is 1. The molecule has 0 saturated heterocycles. The normalized spacial score (nSPS) is 22.6. The van der Waals surface area contributed by atoms with Crippen LogP contribution in [0.3, 0.4) is 0 Å². The van der Waals surface area contributed by atoms with Crippen LogP contribution in [0.25, 0.3) is 0 Å². The summed E-state index contributed by atoms with van der Waals surface area (Å²) in [6.07, 6.45) is 10.7. The van der Waals surface area contributed by atoms with E-state index in [4.69, 9.17) is 0 Å². The lowest BCUT2D eigenvalue weighted by molar-refractivity contribution is -0.111. The Morgan fingerprint density at radius 1 is 1.40 bits per heavy atom. The molecular weight excluding hydrogens is 374 g/mol. The highest BCUT2D eigenvalue weighted by molar-refractivity contribution is 9.10. The van der Waals surface area contributed by atoms with Gasteiger partial charge >= 0.3 is 0 Å². The van der Waals surface area contributed by atoms with Gasteiger partial charge in [0, 0.05) is 15.5 Å². The van der Waals surface area contributed by atoms with E-state index >= 15 is 0 Å². The van der Waals surface area contributed by atoms with Gasteiger partial charge in [0.25, 0.3) is 0 Å². The number of hydrogen-bond acceptors (Lipinski definition) is 2. The van der Waals surface area contributed by atoms with Crippen LogP contribution < -0.4 is 0 Å². The minimum Gasteiger partial charge on any atom is -0.384 e. The van der Waals surface area contributed by atoms with Crippen molar-refractivity contribution < 1.29 is 5.11 Å². The van der Waals surface area contributed by atoms with Crippen molar-refractivity contribution >= 4 is 15.9 Å². The second-order valence-corrected chi connectivity index (χ2v) is 8.37. The third-order valence-corrected chi connectivity index (χ3v) is 6.45. The molecule has 0 saturated carbocycles. The largest absolute Gasteiger partial charge is 0.384 e. The van der Waals surface area contributed by atoms with Crippen molar-refractivity contribution in [3.8, 4) is 6.07 Å². The lowest BCUT2D eigenvalue weighted by Crippen LogP contribution is -2.45. The molecule has 0 fully saturated rings. The van der Waals surface area contributed by atoms with Crippen LogP contribution in [0, 0.1) is 22.7 Å². The van der Waals surface area contributed by atoms with Gasteiger partial charge in [-0.25, -0.2) is 0 Å². The molecular formula is C22H28BrNO. The Kier molecular flexibility index (Phi) is 6.30. The Hall–Kier alpha value is -1.37. The molecule has 3 heteroatoms. The summed E-state index contributed by atoms with van der Waals surface area (Å²) in [6, 6.07) is 6.09. The average Bonchev–Trinajstić information content (AvgIpc) is 2.78. The summed E-state index contributed by atoms with van der Waals surface area (Å²) in [7, 11) is 0. The highest BCUT2D eigenvalue weighted by Gasteiger charge is 2.55. The molecule has 0 radical (unpaired) electrons. The molecule has 0 aromatic heterocycles. The lowest BCUT2D eigenvalue weighted by Gasteiger charge is -2.44. The van der Waals surface area contributed by atoms with Crippen LogP contribution in [-0.2, 0) is 12.0 Å². The number of rotatable bonds is 7. The van der Waals surface area contributed by atoms with Crippen LogP contribution in [0.15, 0.2) is 41.4 Å². The topological polar surface area (TPSA) is 44.0 Å². The summed E-state index contributed by atoms with van der Waals surface area (Å²) >= 11 is 3.61. The quantitative estimate of drug-likeness (QED) is 0.566. The summed E-state index contributed by atoms with van der Waals surface area (Å²) in [5.74, 6) is 0.141. The minimum absolute atomic E-state index is 0.141. The molecule has 0 aliphatic heterocycles. The van der Waals surface area contributed by atoms with E-state index in [9.17, 15) is 10.4 Å². The summed E-state index contributed by atoms with van der Waals surface area (Å²) in [5, 5.41) is 21.3. The zero-order valence-electron chi connectivity index (χ0n) is 15.5. The number of aliphatic hydroxyl groups is 1. The molecule has 0 bridgehead atoms. The maximum Gasteiger partial charge on any atom is 0.100 e. The highest BCUT2D eigenvalue weighted by atomic mass is 79.9. The smallest absolute Gasteiger partial charge is 0.100 e. The molecule has 25 heavy (non-hydrogen) atoms. The maximum atomic E-state index is 12.0. The number of allylic oxidation sites excluding steroid dienone is 3. The molecule has 1 aromatic carbocycles. The van der Waals surface area contributed by atoms with Crippen LogP contribution in [0.1, 0.15) is 63.1 Å². The van der Waals surface area contributed by atoms with E-state index < -0.39 is 5.60 Å². The third kappa shape index (κ3) is 3.48. The van der Waals surface area contributed by atoms with Gasteiger partial charge in [-0.2, -0.15) is 5.26 Å². The van der Waals surface area contributed by atoms with Crippen LogP contribution in [-0.4, -0.2) is 5.11 Å². The zero-order chi connectivity index (χ0) is 18.7. The Morgan fingerprint density at radius 2 is 2.12 bits per heavy atom. The van der Waals surface area contributed by atoms with Gasteiger partial charge in [0.15, 0.2) is 0 Å². The zero-order valence-corrected chi connectivity index (χ0v) is 17.1. The van der Waals surface area contributed by atoms with Gasteiger partial charge in [-0.05, 0) is 59.2 Å². The summed E-state index contributed by atoms with van der Waals surface area (Å²) < 4.78 is 0.765. The van der Waals surface area contributed by atoms with E-state index in [-0.39, 0.29) is 11.3 Å². The van der Waals surface area contributed by atoms with Crippen molar-refractivity contribution in [1.82, 2.24) is 0 Å². The van der Waals surface area contributed by atoms with E-state index in [1.54, 1.807) is 0 Å². The van der Waals surface area contributed by atoms with Gasteiger partial charge in [-0.3, -0.25) is 0 Å². The van der Waals surface area contributed by atoms with Gasteiger partial charge in [0.2, 0.25) is 0 Å². The summed E-state index contributed by atoms with van der Waals surface area (Å²) in [5.41, 5.74) is 1.47. The van der Waals surface area contributed by atoms with Gasteiger partial charge < -0.3 is 5.11 Å². The van der Waals surface area contributed by atoms with E-state index in [1.165, 1.54) is 0 Å². The monoisotopic (exact) mass is 401 g/mol. The number of halogens is 1. The highest BCUT2D eigenvalue weighted by Crippen LogP contribution is 2.58. The first kappa shape index (κ1) is 19.9. The molecule has 2 rings (SSSR count). The van der Waals surface area contributed by atoms with Crippen LogP contribution >= 0.6 is 15.9 Å². The summed E-state index contributed by atoms with van der Waals surface area (Å²) in [6.45, 7) is 10.2. The molecule has 0 spiro atoms. The first-order valence-electron chi connectivity index (χ1n) is 9.03. The molecule has 1 aliphatic carbocycles. The molecule has 1 N–H and O–H groups in total. The fourth-order valence-corrected chi connectivity index (χ4v) is 5.06. The Morgan fingerprint density at radius 3 is 2.72 bits per heavy atom. The summed E-state index contributed by atoms with van der Waals surface area (Å²) in [4.78, 5) is 0. The fraction of sp³-hybridized carbons (Fsp3) is 0.500. The Labute approximate surface area is 160 Å². The minimum atomic E-state index is -0.935. The number of nitriles is 1. The molecule has 2 atom stereocenters. The van der Waals surface area contributed by atoms with Crippen molar-refractivity contribution in [2.45, 2.75) is 58.5 Å². The van der Waals surface area contributed by atoms with E-state index in [0.717, 1.165) is 47.7 Å². The predicted octanol–water partition coefficient (Wildman–Crippen LogP) is 6.03. The van der Waals surface area contributed by atoms with Crippen molar-refractivity contribution in [2.75, 3.05) is 0 Å². The fourth-order valence-electron chi connectivity index (χ4n) is 4.28. The lowest BCUT2D eigenvalue weighted by atomic mass is 9.66. The van der Waals surface area contributed by atoms with E-state index in [0.29, 0.717) is 5.56 Å². The number of nitrogens with zero attached hydrogens (tertiary/aromatic N) is 1. The number of hydrogen-bond donors (Lipinski definition) is 1. The molecule has 1 aliphatic rings. The molecule has 2 unspecified atom stereocenters. The van der Waals surface area contributed by atoms with Crippen LogP contribution in [0.4, 0.5) is 0 Å². The molecule has 1 aromatic rings. The Bertz CT molecular complexity index is 713. The first-order valence-corrected chi connectivity index (χ1v) is 9.83. The van der Waals surface area contributed by atoms with Gasteiger partial charge in [-0.1, -0.05) is 51.5 Å². The Balaban J connectivity index is 2.43. The predicted molar refractivity (Wildman–Crippen MR) is 107 cm³/mol. The molecule has 134 valence electrons. The van der Waals surface area contributed by atoms with Gasteiger partial charge in [0.05, 0.1) is 11.2 Å². The number of fused-ring (bicyclic) bond motifs is 1. The molecule has 2 nitrogen and oxygen atoms in total. The van der Waals surface area contributed by atoms with Crippen molar-refractivity contribution in [1.29, 1.82) is 5.26 Å². The first-order chi connectivity index (χ1) is 11.8.